The molecule has 1 fully saturated rings. The van der Waals surface area contributed by atoms with Crippen molar-refractivity contribution in [3.63, 3.8) is 0 Å². The fourth-order valence-electron chi connectivity index (χ4n) is 3.83. The summed E-state index contributed by atoms with van der Waals surface area (Å²) in [7, 11) is 0. The molecule has 4 rings (SSSR count). The van der Waals surface area contributed by atoms with Crippen LogP contribution in [0.25, 0.3) is 11.1 Å². The fraction of sp³-hybridized carbons (Fsp3) is 0.476. The van der Waals surface area contributed by atoms with E-state index in [0.717, 1.165) is 11.1 Å². The predicted octanol–water partition coefficient (Wildman–Crippen LogP) is 3.13. The van der Waals surface area contributed by atoms with Crippen molar-refractivity contribution in [3.05, 3.63) is 30.6 Å². The second kappa shape index (κ2) is 8.62. The van der Waals surface area contributed by atoms with Gasteiger partial charge in [-0.15, -0.1) is 0 Å². The molecule has 0 N–H and O–H groups in total. The average Bonchev–Trinajstić information content (AvgIpc) is 3.18. The van der Waals surface area contributed by atoms with Crippen molar-refractivity contribution in [3.8, 4) is 11.1 Å². The molecule has 1 aromatic heterocycles. The second-order valence-electron chi connectivity index (χ2n) is 7.77. The molecule has 1 unspecified atom stereocenters. The molecule has 2 aliphatic rings. The molecule has 166 valence electrons. The zero-order valence-electron chi connectivity index (χ0n) is 17.3. The highest BCUT2D eigenvalue weighted by Gasteiger charge is 2.35. The number of aromatic nitrogens is 2. The lowest BCUT2D eigenvalue weighted by Gasteiger charge is -2.40. The molecule has 0 spiro atoms. The summed E-state index contributed by atoms with van der Waals surface area (Å²) in [5.41, 5.74) is 2.59. The summed E-state index contributed by atoms with van der Waals surface area (Å²) in [5, 5.41) is 4.38. The maximum atomic E-state index is 12.9. The normalized spacial score (nSPS) is 18.7. The third-order valence-electron chi connectivity index (χ3n) is 5.51. The molecular weight excluding hydrogens is 410 g/mol. The van der Waals surface area contributed by atoms with Crippen molar-refractivity contribution in [2.24, 2.45) is 0 Å². The lowest BCUT2D eigenvalue weighted by atomic mass is 10.0. The number of rotatable bonds is 5. The van der Waals surface area contributed by atoms with Crippen LogP contribution in [-0.2, 0) is 14.3 Å². The first-order chi connectivity index (χ1) is 14.9. The van der Waals surface area contributed by atoms with Crippen molar-refractivity contribution < 1.29 is 27.8 Å². The molecule has 2 aromatic rings. The first-order valence-corrected chi connectivity index (χ1v) is 10.1. The second-order valence-corrected chi connectivity index (χ2v) is 7.77. The van der Waals surface area contributed by atoms with Gasteiger partial charge in [0.15, 0.2) is 6.10 Å². The number of halogens is 2. The van der Waals surface area contributed by atoms with Gasteiger partial charge in [0.05, 0.1) is 42.9 Å². The number of anilines is 2. The van der Waals surface area contributed by atoms with Gasteiger partial charge in [-0.25, -0.2) is 13.6 Å². The number of ether oxygens (including phenoxy) is 2. The van der Waals surface area contributed by atoms with Gasteiger partial charge < -0.3 is 14.4 Å². The van der Waals surface area contributed by atoms with Crippen LogP contribution < -0.4 is 9.80 Å². The molecule has 0 radical (unpaired) electrons. The third kappa shape index (κ3) is 3.99. The molecule has 0 bridgehead atoms. The summed E-state index contributed by atoms with van der Waals surface area (Å²) in [6, 6.07) is 5.23. The summed E-state index contributed by atoms with van der Waals surface area (Å²) in [6.45, 7) is 2.39. The average molecular weight is 434 g/mol. The van der Waals surface area contributed by atoms with Gasteiger partial charge in [0.25, 0.3) is 0 Å². The van der Waals surface area contributed by atoms with E-state index in [9.17, 15) is 18.4 Å². The lowest BCUT2D eigenvalue weighted by Crippen LogP contribution is -2.52. The Morgan fingerprint density at radius 2 is 1.97 bits per heavy atom. The molecule has 10 heteroatoms. The Labute approximate surface area is 178 Å². The summed E-state index contributed by atoms with van der Waals surface area (Å²) >= 11 is 0. The first-order valence-electron chi connectivity index (χ1n) is 10.1. The van der Waals surface area contributed by atoms with Crippen LogP contribution in [0.5, 0.6) is 0 Å². The smallest absolute Gasteiger partial charge is 0.414 e. The predicted molar refractivity (Wildman–Crippen MR) is 110 cm³/mol. The number of carbonyl (C=O) groups excluding carboxylic acids is 2. The molecule has 0 aliphatic carbocycles. The Morgan fingerprint density at radius 1 is 1.23 bits per heavy atom. The molecule has 1 atom stereocenters. The highest BCUT2D eigenvalue weighted by Crippen LogP contribution is 2.39. The standard InChI is InChI=1S/C21H24F2N4O4/c1-13-9-25(21(29)31-18(6-22)7-23)20-5-15(3-4-19(20)27(13)14(2)28)16-8-24-26(10-16)17-11-30-12-17/h3-5,8,10,13,17-18H,6-7,9,11-12H2,1-2H3. The Kier molecular flexibility index (Phi) is 5.90. The van der Waals surface area contributed by atoms with Gasteiger partial charge in [-0.1, -0.05) is 6.07 Å². The van der Waals surface area contributed by atoms with Crippen LogP contribution in [0.4, 0.5) is 25.0 Å². The van der Waals surface area contributed by atoms with Crippen LogP contribution in [0.1, 0.15) is 19.9 Å². The minimum Gasteiger partial charge on any atom is -0.440 e. The third-order valence-corrected chi connectivity index (χ3v) is 5.51. The van der Waals surface area contributed by atoms with E-state index >= 15 is 0 Å². The van der Waals surface area contributed by atoms with Crippen LogP contribution in [0.3, 0.4) is 0 Å². The van der Waals surface area contributed by atoms with Gasteiger partial charge in [-0.05, 0) is 24.6 Å². The molecule has 2 amide bonds. The zero-order chi connectivity index (χ0) is 22.1. The Bertz CT molecular complexity index is 974. The van der Waals surface area contributed by atoms with Gasteiger partial charge in [-0.3, -0.25) is 14.4 Å². The maximum absolute atomic E-state index is 12.9. The minimum absolute atomic E-state index is 0.138. The quantitative estimate of drug-likeness (QED) is 0.723. The largest absolute Gasteiger partial charge is 0.440 e. The molecule has 31 heavy (non-hydrogen) atoms. The molecule has 8 nitrogen and oxygen atoms in total. The van der Waals surface area contributed by atoms with Crippen LogP contribution in [0.15, 0.2) is 30.6 Å². The first kappa shape index (κ1) is 21.2. The van der Waals surface area contributed by atoms with E-state index in [1.54, 1.807) is 30.2 Å². The van der Waals surface area contributed by atoms with Crippen molar-refractivity contribution in [2.45, 2.75) is 32.0 Å². The van der Waals surface area contributed by atoms with Gasteiger partial charge in [0.1, 0.15) is 13.3 Å². The molecule has 0 saturated carbocycles. The van der Waals surface area contributed by atoms with Gasteiger partial charge in [-0.2, -0.15) is 5.10 Å². The number of hydrogen-bond acceptors (Lipinski definition) is 5. The van der Waals surface area contributed by atoms with Crippen molar-refractivity contribution in [1.82, 2.24) is 9.78 Å². The van der Waals surface area contributed by atoms with E-state index in [2.05, 4.69) is 5.10 Å². The van der Waals surface area contributed by atoms with E-state index in [0.29, 0.717) is 24.6 Å². The molecule has 1 aromatic carbocycles. The van der Waals surface area contributed by atoms with Crippen LogP contribution >= 0.6 is 0 Å². The fourth-order valence-corrected chi connectivity index (χ4v) is 3.83. The maximum Gasteiger partial charge on any atom is 0.414 e. The SMILES string of the molecule is CC(=O)N1c2ccc(-c3cnn(C4COC4)c3)cc2N(C(=O)OC(CF)CF)CC1C. The van der Waals surface area contributed by atoms with Crippen LogP contribution in [0.2, 0.25) is 0 Å². The van der Waals surface area contributed by atoms with E-state index < -0.39 is 25.5 Å². The Morgan fingerprint density at radius 3 is 2.58 bits per heavy atom. The summed E-state index contributed by atoms with van der Waals surface area (Å²) in [6.07, 6.45) is 1.31. The van der Waals surface area contributed by atoms with Gasteiger partial charge >= 0.3 is 6.09 Å². The Hall–Kier alpha value is -3.01. The number of carbonyl (C=O) groups is 2. The van der Waals surface area contributed by atoms with Crippen LogP contribution in [-0.4, -0.2) is 67.0 Å². The molecule has 1 saturated heterocycles. The van der Waals surface area contributed by atoms with E-state index in [1.165, 1.54) is 11.8 Å². The monoisotopic (exact) mass is 434 g/mol. The number of hydrogen-bond donors (Lipinski definition) is 0. The molecule has 2 aliphatic heterocycles. The molecular formula is C21H24F2N4O4. The zero-order valence-corrected chi connectivity index (χ0v) is 17.3. The van der Waals surface area contributed by atoms with E-state index in [4.69, 9.17) is 9.47 Å². The van der Waals surface area contributed by atoms with Gasteiger partial charge in [0.2, 0.25) is 5.91 Å². The van der Waals surface area contributed by atoms with Crippen molar-refractivity contribution >= 4 is 23.4 Å². The van der Waals surface area contributed by atoms with Gasteiger partial charge in [0, 0.05) is 25.2 Å². The molecule has 3 heterocycles. The summed E-state index contributed by atoms with van der Waals surface area (Å²) in [4.78, 5) is 27.9. The van der Waals surface area contributed by atoms with Crippen LogP contribution in [0, 0.1) is 0 Å². The number of benzene rings is 1. The highest BCUT2D eigenvalue weighted by atomic mass is 19.1. The minimum atomic E-state index is -1.46. The van der Waals surface area contributed by atoms with E-state index in [1.807, 2.05) is 16.9 Å². The lowest BCUT2D eigenvalue weighted by molar-refractivity contribution is -0.117. The summed E-state index contributed by atoms with van der Waals surface area (Å²) < 4.78 is 37.8. The number of fused-ring (bicyclic) bond motifs is 1. The van der Waals surface area contributed by atoms with E-state index in [-0.39, 0.29) is 24.5 Å². The van der Waals surface area contributed by atoms with Crippen molar-refractivity contribution in [1.29, 1.82) is 0 Å². The number of amides is 2. The number of alkyl halides is 2. The highest BCUT2D eigenvalue weighted by molar-refractivity contribution is 6.03. The number of nitrogens with zero attached hydrogens (tertiary/aromatic N) is 4. The Balaban J connectivity index is 1.70. The topological polar surface area (TPSA) is 76.9 Å². The summed E-state index contributed by atoms with van der Waals surface area (Å²) in [5.74, 6) is -0.169. The van der Waals surface area contributed by atoms with Crippen molar-refractivity contribution in [2.75, 3.05) is 42.9 Å².